The van der Waals surface area contributed by atoms with E-state index >= 15 is 0 Å². The maximum absolute atomic E-state index is 11.4. The highest BCUT2D eigenvalue weighted by Crippen LogP contribution is 2.33. The lowest BCUT2D eigenvalue weighted by Crippen LogP contribution is -2.18. The molecule has 0 spiro atoms. The molecule has 2 N–H and O–H groups in total. The molecule has 1 aliphatic heterocycles. The maximum atomic E-state index is 11.4. The lowest BCUT2D eigenvalue weighted by molar-refractivity contribution is -0.113. The number of carbonyl (C=O) groups is 1. The first-order valence-electron chi connectivity index (χ1n) is 6.68. The van der Waals surface area contributed by atoms with E-state index in [0.717, 1.165) is 28.6 Å². The molecule has 0 bridgehead atoms. The third-order valence-electron chi connectivity index (χ3n) is 3.27. The molecule has 0 radical (unpaired) electrons. The monoisotopic (exact) mass is 300 g/mol. The summed E-state index contributed by atoms with van der Waals surface area (Å²) >= 11 is 1.57. The SMILES string of the molecule is COc1ccc(CNc2ccc3c(c2)NC(=O)CS3)cc1. The first kappa shape index (κ1) is 13.8. The molecular formula is C16H16N2O2S. The molecule has 0 fully saturated rings. The van der Waals surface area contributed by atoms with Crippen molar-refractivity contribution in [2.24, 2.45) is 0 Å². The number of nitrogens with one attached hydrogen (secondary N) is 2. The van der Waals surface area contributed by atoms with Crippen LogP contribution in [0.1, 0.15) is 5.56 Å². The van der Waals surface area contributed by atoms with Crippen LogP contribution in [0.5, 0.6) is 5.75 Å². The van der Waals surface area contributed by atoms with Crippen molar-refractivity contribution >= 4 is 29.0 Å². The number of anilines is 2. The summed E-state index contributed by atoms with van der Waals surface area (Å²) in [5.74, 6) is 1.40. The number of thioether (sulfide) groups is 1. The third-order valence-corrected chi connectivity index (χ3v) is 4.34. The van der Waals surface area contributed by atoms with Gasteiger partial charge in [0.05, 0.1) is 18.6 Å². The zero-order valence-corrected chi connectivity index (χ0v) is 12.5. The van der Waals surface area contributed by atoms with Gasteiger partial charge < -0.3 is 15.4 Å². The number of methoxy groups -OCH3 is 1. The molecule has 0 aliphatic carbocycles. The number of rotatable bonds is 4. The second kappa shape index (κ2) is 6.10. The lowest BCUT2D eigenvalue weighted by Gasteiger charge is -2.17. The maximum Gasteiger partial charge on any atom is 0.234 e. The Kier molecular flexibility index (Phi) is 4.01. The first-order valence-corrected chi connectivity index (χ1v) is 7.66. The summed E-state index contributed by atoms with van der Waals surface area (Å²) in [5.41, 5.74) is 3.05. The Balaban J connectivity index is 1.67. The van der Waals surface area contributed by atoms with Crippen LogP contribution in [0, 0.1) is 0 Å². The van der Waals surface area contributed by atoms with Gasteiger partial charge in [-0.15, -0.1) is 11.8 Å². The number of hydrogen-bond acceptors (Lipinski definition) is 4. The van der Waals surface area contributed by atoms with Crippen molar-refractivity contribution in [2.75, 3.05) is 23.5 Å². The molecule has 1 heterocycles. The summed E-state index contributed by atoms with van der Waals surface area (Å²) < 4.78 is 5.14. The van der Waals surface area contributed by atoms with Crippen LogP contribution in [0.2, 0.25) is 0 Å². The molecular weight excluding hydrogens is 284 g/mol. The average molecular weight is 300 g/mol. The molecule has 4 nitrogen and oxygen atoms in total. The third kappa shape index (κ3) is 3.31. The van der Waals surface area contributed by atoms with Gasteiger partial charge in [-0.05, 0) is 35.9 Å². The highest BCUT2D eigenvalue weighted by atomic mass is 32.2. The van der Waals surface area contributed by atoms with Gasteiger partial charge in [0.15, 0.2) is 0 Å². The van der Waals surface area contributed by atoms with Gasteiger partial charge in [0.1, 0.15) is 5.75 Å². The van der Waals surface area contributed by atoms with Crippen LogP contribution >= 0.6 is 11.8 Å². The van der Waals surface area contributed by atoms with Crippen molar-refractivity contribution in [2.45, 2.75) is 11.4 Å². The van der Waals surface area contributed by atoms with Crippen molar-refractivity contribution in [3.63, 3.8) is 0 Å². The predicted octanol–water partition coefficient (Wildman–Crippen LogP) is 3.35. The fourth-order valence-electron chi connectivity index (χ4n) is 2.14. The molecule has 2 aromatic rings. The van der Waals surface area contributed by atoms with Gasteiger partial charge in [-0.1, -0.05) is 12.1 Å². The summed E-state index contributed by atoms with van der Waals surface area (Å²) in [6, 6.07) is 14.0. The molecule has 1 aliphatic rings. The van der Waals surface area contributed by atoms with E-state index in [2.05, 4.69) is 10.6 Å². The zero-order valence-electron chi connectivity index (χ0n) is 11.7. The van der Waals surface area contributed by atoms with Crippen molar-refractivity contribution in [3.05, 3.63) is 48.0 Å². The second-order valence-electron chi connectivity index (χ2n) is 4.75. The Morgan fingerprint density at radius 2 is 2.05 bits per heavy atom. The van der Waals surface area contributed by atoms with Gasteiger partial charge in [-0.2, -0.15) is 0 Å². The summed E-state index contributed by atoms with van der Waals surface area (Å²) in [6.07, 6.45) is 0. The van der Waals surface area contributed by atoms with Crippen LogP contribution in [-0.2, 0) is 11.3 Å². The van der Waals surface area contributed by atoms with Gasteiger partial charge in [-0.25, -0.2) is 0 Å². The molecule has 2 aromatic carbocycles. The fraction of sp³-hybridized carbons (Fsp3) is 0.188. The Morgan fingerprint density at radius 3 is 2.81 bits per heavy atom. The Morgan fingerprint density at radius 1 is 1.24 bits per heavy atom. The minimum atomic E-state index is 0.0554. The molecule has 0 saturated heterocycles. The Labute approximate surface area is 127 Å². The van der Waals surface area contributed by atoms with E-state index in [9.17, 15) is 4.79 Å². The van der Waals surface area contributed by atoms with E-state index in [4.69, 9.17) is 4.74 Å². The summed E-state index contributed by atoms with van der Waals surface area (Å²) in [7, 11) is 1.66. The summed E-state index contributed by atoms with van der Waals surface area (Å²) in [5, 5.41) is 6.26. The topological polar surface area (TPSA) is 50.4 Å². The zero-order chi connectivity index (χ0) is 14.7. The predicted molar refractivity (Wildman–Crippen MR) is 86.1 cm³/mol. The standard InChI is InChI=1S/C16H16N2O2S/c1-20-13-5-2-11(3-6-13)9-17-12-4-7-15-14(8-12)18-16(19)10-21-15/h2-8,17H,9-10H2,1H3,(H,18,19). The van der Waals surface area contributed by atoms with Crippen molar-refractivity contribution in [3.8, 4) is 5.75 Å². The minimum absolute atomic E-state index is 0.0554. The minimum Gasteiger partial charge on any atom is -0.497 e. The summed E-state index contributed by atoms with van der Waals surface area (Å²) in [6.45, 7) is 0.726. The van der Waals surface area contributed by atoms with E-state index < -0.39 is 0 Å². The number of amides is 1. The van der Waals surface area contributed by atoms with Crippen LogP contribution in [0.25, 0.3) is 0 Å². The van der Waals surface area contributed by atoms with Crippen LogP contribution < -0.4 is 15.4 Å². The van der Waals surface area contributed by atoms with Crippen LogP contribution in [0.15, 0.2) is 47.4 Å². The van der Waals surface area contributed by atoms with Crippen LogP contribution in [0.3, 0.4) is 0 Å². The summed E-state index contributed by atoms with van der Waals surface area (Å²) in [4.78, 5) is 12.5. The fourth-order valence-corrected chi connectivity index (χ4v) is 2.93. The van der Waals surface area contributed by atoms with E-state index in [1.165, 1.54) is 5.56 Å². The molecule has 1 amide bonds. The van der Waals surface area contributed by atoms with Crippen molar-refractivity contribution in [1.29, 1.82) is 0 Å². The van der Waals surface area contributed by atoms with Crippen LogP contribution in [-0.4, -0.2) is 18.8 Å². The number of ether oxygens (including phenoxy) is 1. The molecule has 3 rings (SSSR count). The second-order valence-corrected chi connectivity index (χ2v) is 5.77. The number of hydrogen-bond donors (Lipinski definition) is 2. The molecule has 0 atom stereocenters. The van der Waals surface area contributed by atoms with Crippen LogP contribution in [0.4, 0.5) is 11.4 Å². The lowest BCUT2D eigenvalue weighted by atomic mass is 10.2. The van der Waals surface area contributed by atoms with Gasteiger partial charge >= 0.3 is 0 Å². The largest absolute Gasteiger partial charge is 0.497 e. The average Bonchev–Trinajstić information content (AvgIpc) is 2.53. The van der Waals surface area contributed by atoms with E-state index in [0.29, 0.717) is 5.75 Å². The first-order chi connectivity index (χ1) is 10.2. The molecule has 21 heavy (non-hydrogen) atoms. The van der Waals surface area contributed by atoms with E-state index in [-0.39, 0.29) is 5.91 Å². The van der Waals surface area contributed by atoms with Gasteiger partial charge in [0.25, 0.3) is 0 Å². The van der Waals surface area contributed by atoms with Gasteiger partial charge in [0, 0.05) is 17.1 Å². The molecule has 0 aromatic heterocycles. The van der Waals surface area contributed by atoms with Gasteiger partial charge in [0.2, 0.25) is 5.91 Å². The normalized spacial score (nSPS) is 13.3. The molecule has 5 heteroatoms. The Bertz CT molecular complexity index is 656. The molecule has 108 valence electrons. The van der Waals surface area contributed by atoms with E-state index in [1.807, 2.05) is 42.5 Å². The van der Waals surface area contributed by atoms with Gasteiger partial charge in [-0.3, -0.25) is 4.79 Å². The van der Waals surface area contributed by atoms with E-state index in [1.54, 1.807) is 18.9 Å². The van der Waals surface area contributed by atoms with Crippen molar-refractivity contribution in [1.82, 2.24) is 0 Å². The molecule has 0 saturated carbocycles. The highest BCUT2D eigenvalue weighted by molar-refractivity contribution is 8.00. The highest BCUT2D eigenvalue weighted by Gasteiger charge is 2.15. The number of fused-ring (bicyclic) bond motifs is 1. The quantitative estimate of drug-likeness (QED) is 0.909. The molecule has 0 unspecified atom stereocenters. The smallest absolute Gasteiger partial charge is 0.234 e. The van der Waals surface area contributed by atoms with Crippen molar-refractivity contribution < 1.29 is 9.53 Å². The number of benzene rings is 2. The Hall–Kier alpha value is -2.14. The number of carbonyl (C=O) groups excluding carboxylic acids is 1.